The molecule has 3 aromatic carbocycles. The topological polar surface area (TPSA) is 86.1 Å². The molecule has 0 unspecified atom stereocenters. The van der Waals surface area contributed by atoms with Gasteiger partial charge in [-0.15, -0.1) is 0 Å². The van der Waals surface area contributed by atoms with Gasteiger partial charge in [0.2, 0.25) is 0 Å². The van der Waals surface area contributed by atoms with E-state index in [1.54, 1.807) is 24.3 Å². The number of aromatic nitrogens is 1. The van der Waals surface area contributed by atoms with Crippen LogP contribution in [0, 0.1) is 5.41 Å². The number of benzene rings is 3. The van der Waals surface area contributed by atoms with Gasteiger partial charge in [-0.3, -0.25) is 9.71 Å². The van der Waals surface area contributed by atoms with Gasteiger partial charge in [-0.2, -0.15) is 0 Å². The number of sulfonamides is 1. The number of anilines is 2. The lowest BCUT2D eigenvalue weighted by atomic mass is 10.0. The lowest BCUT2D eigenvalue weighted by molar-refractivity contribution is 0.586. The Kier molecular flexibility index (Phi) is 4.95. The molecular weight excluding hydrogens is 428 g/mol. The zero-order chi connectivity index (χ0) is 21.4. The van der Waals surface area contributed by atoms with Gasteiger partial charge in [0, 0.05) is 12.1 Å². The van der Waals surface area contributed by atoms with Crippen LogP contribution in [0.3, 0.4) is 0 Å². The van der Waals surface area contributed by atoms with Gasteiger partial charge >= 0.3 is 0 Å². The van der Waals surface area contributed by atoms with Gasteiger partial charge in [0.25, 0.3) is 10.0 Å². The second-order valence-corrected chi connectivity index (χ2v) is 10.2. The van der Waals surface area contributed by atoms with Crippen LogP contribution in [0.4, 0.5) is 10.8 Å². The third kappa shape index (κ3) is 3.68. The second kappa shape index (κ2) is 7.79. The van der Waals surface area contributed by atoms with Crippen molar-refractivity contribution in [2.24, 2.45) is 0 Å². The van der Waals surface area contributed by atoms with E-state index in [4.69, 9.17) is 5.41 Å². The van der Waals surface area contributed by atoms with Gasteiger partial charge in [0.15, 0.2) is 5.13 Å². The van der Waals surface area contributed by atoms with E-state index in [1.165, 1.54) is 15.6 Å². The van der Waals surface area contributed by atoms with Crippen molar-refractivity contribution in [1.29, 1.82) is 5.41 Å². The number of hydrogen-bond acceptors (Lipinski definition) is 5. The first-order valence-electron chi connectivity index (χ1n) is 9.94. The number of aryl methyl sites for hydroxylation is 1. The summed E-state index contributed by atoms with van der Waals surface area (Å²) in [6, 6.07) is 21.9. The van der Waals surface area contributed by atoms with E-state index < -0.39 is 10.0 Å². The molecule has 1 aliphatic rings. The average molecular weight is 449 g/mol. The molecule has 0 saturated heterocycles. The van der Waals surface area contributed by atoms with Crippen LogP contribution in [-0.4, -0.2) is 25.8 Å². The Morgan fingerprint density at radius 3 is 2.55 bits per heavy atom. The molecule has 6 nitrogen and oxygen atoms in total. The minimum absolute atomic E-state index is 0.173. The summed E-state index contributed by atoms with van der Waals surface area (Å²) >= 11 is 1.47. The maximum atomic E-state index is 13.3. The fourth-order valence-electron chi connectivity index (χ4n) is 3.77. The SMILES string of the molecule is N=C(Nc1nc2ccccc2s1)c1ccc(S(=O)(=O)N2CCCc3ccccc32)cc1. The molecule has 2 N–H and O–H groups in total. The van der Waals surface area contributed by atoms with Crippen LogP contribution in [-0.2, 0) is 16.4 Å². The van der Waals surface area contributed by atoms with E-state index in [2.05, 4.69) is 10.3 Å². The highest BCUT2D eigenvalue weighted by Gasteiger charge is 2.28. The highest BCUT2D eigenvalue weighted by Crippen LogP contribution is 2.32. The first-order valence-corrected chi connectivity index (χ1v) is 12.2. The molecule has 1 aromatic heterocycles. The lowest BCUT2D eigenvalue weighted by Crippen LogP contribution is -2.35. The predicted octanol–water partition coefficient (Wildman–Crippen LogP) is 4.88. The van der Waals surface area contributed by atoms with Gasteiger partial charge in [-0.25, -0.2) is 13.4 Å². The number of para-hydroxylation sites is 2. The first-order chi connectivity index (χ1) is 15.0. The number of nitrogens with zero attached hydrogens (tertiary/aromatic N) is 2. The Bertz CT molecular complexity index is 1350. The highest BCUT2D eigenvalue weighted by molar-refractivity contribution is 7.92. The van der Waals surface area contributed by atoms with Gasteiger partial charge in [-0.1, -0.05) is 41.7 Å². The third-order valence-corrected chi connectivity index (χ3v) is 8.10. The average Bonchev–Trinajstić information content (AvgIpc) is 3.21. The molecule has 0 atom stereocenters. The third-order valence-electron chi connectivity index (χ3n) is 5.32. The number of thiazole rings is 1. The van der Waals surface area contributed by atoms with Gasteiger partial charge in [0.1, 0.15) is 5.84 Å². The minimum atomic E-state index is -3.66. The fourth-order valence-corrected chi connectivity index (χ4v) is 6.19. The molecule has 0 amide bonds. The molecule has 0 saturated carbocycles. The number of fused-ring (bicyclic) bond motifs is 2. The van der Waals surface area contributed by atoms with Gasteiger partial charge < -0.3 is 5.32 Å². The minimum Gasteiger partial charge on any atom is -0.316 e. The van der Waals surface area contributed by atoms with Crippen molar-refractivity contribution in [3.63, 3.8) is 0 Å². The van der Waals surface area contributed by atoms with Crippen LogP contribution >= 0.6 is 11.3 Å². The number of amidine groups is 1. The van der Waals surface area contributed by atoms with E-state index >= 15 is 0 Å². The molecule has 2 heterocycles. The molecule has 156 valence electrons. The lowest BCUT2D eigenvalue weighted by Gasteiger charge is -2.30. The van der Waals surface area contributed by atoms with Crippen LogP contribution < -0.4 is 9.62 Å². The summed E-state index contributed by atoms with van der Waals surface area (Å²) in [6.07, 6.45) is 1.68. The molecule has 5 rings (SSSR count). The largest absolute Gasteiger partial charge is 0.316 e. The standard InChI is InChI=1S/C23H20N4O2S2/c24-22(26-23-25-19-8-2-4-10-21(19)30-23)17-11-13-18(14-12-17)31(28,29)27-15-5-7-16-6-1-3-9-20(16)27/h1-4,6,8-14H,5,7,15H2,(H2,24,25,26). The Morgan fingerprint density at radius 1 is 1.00 bits per heavy atom. The molecule has 0 fully saturated rings. The summed E-state index contributed by atoms with van der Waals surface area (Å²) in [6.45, 7) is 0.468. The monoisotopic (exact) mass is 448 g/mol. The summed E-state index contributed by atoms with van der Waals surface area (Å²) in [5.74, 6) is 0.173. The second-order valence-electron chi connectivity index (χ2n) is 7.32. The van der Waals surface area contributed by atoms with E-state index in [0.717, 1.165) is 34.3 Å². The van der Waals surface area contributed by atoms with Crippen LogP contribution in [0.15, 0.2) is 77.7 Å². The van der Waals surface area contributed by atoms with E-state index in [9.17, 15) is 8.42 Å². The maximum Gasteiger partial charge on any atom is 0.264 e. The van der Waals surface area contributed by atoms with Crippen LogP contribution in [0.5, 0.6) is 0 Å². The molecule has 8 heteroatoms. The predicted molar refractivity (Wildman–Crippen MR) is 126 cm³/mol. The van der Waals surface area contributed by atoms with Crippen molar-refractivity contribution in [3.05, 3.63) is 83.9 Å². The van der Waals surface area contributed by atoms with E-state index in [-0.39, 0.29) is 10.7 Å². The Morgan fingerprint density at radius 2 is 1.74 bits per heavy atom. The number of nitrogens with one attached hydrogen (secondary N) is 2. The summed E-state index contributed by atoms with van der Waals surface area (Å²) in [4.78, 5) is 4.70. The Balaban J connectivity index is 1.37. The summed E-state index contributed by atoms with van der Waals surface area (Å²) in [7, 11) is -3.66. The number of rotatable bonds is 4. The fraction of sp³-hybridized carbons (Fsp3) is 0.130. The zero-order valence-electron chi connectivity index (χ0n) is 16.6. The Labute approximate surface area is 184 Å². The first kappa shape index (κ1) is 19.7. The quantitative estimate of drug-likeness (QED) is 0.344. The van der Waals surface area contributed by atoms with Crippen LogP contribution in [0.1, 0.15) is 17.5 Å². The molecular formula is C23H20N4O2S2. The highest BCUT2D eigenvalue weighted by atomic mass is 32.2. The van der Waals surface area contributed by atoms with Crippen molar-refractivity contribution in [2.75, 3.05) is 16.2 Å². The summed E-state index contributed by atoms with van der Waals surface area (Å²) in [5.41, 5.74) is 3.28. The normalized spacial score (nSPS) is 13.7. The van der Waals surface area contributed by atoms with Crippen LogP contribution in [0.2, 0.25) is 0 Å². The van der Waals surface area contributed by atoms with E-state index in [1.807, 2.05) is 48.5 Å². The number of hydrogen-bond donors (Lipinski definition) is 2. The molecule has 0 bridgehead atoms. The van der Waals surface area contributed by atoms with Crippen molar-refractivity contribution in [1.82, 2.24) is 4.98 Å². The van der Waals surface area contributed by atoms with Gasteiger partial charge in [-0.05, 0) is 60.9 Å². The van der Waals surface area contributed by atoms with Crippen molar-refractivity contribution in [2.45, 2.75) is 17.7 Å². The van der Waals surface area contributed by atoms with Crippen molar-refractivity contribution >= 4 is 48.2 Å². The molecule has 1 aliphatic heterocycles. The maximum absolute atomic E-state index is 13.3. The molecule has 0 radical (unpaired) electrons. The summed E-state index contributed by atoms with van der Waals surface area (Å²) < 4.78 is 29.1. The Hall–Kier alpha value is -3.23. The van der Waals surface area contributed by atoms with Gasteiger partial charge in [0.05, 0.1) is 20.8 Å². The zero-order valence-corrected chi connectivity index (χ0v) is 18.2. The smallest absolute Gasteiger partial charge is 0.264 e. The van der Waals surface area contributed by atoms with Crippen LogP contribution in [0.25, 0.3) is 10.2 Å². The van der Waals surface area contributed by atoms with Crippen molar-refractivity contribution < 1.29 is 8.42 Å². The molecule has 0 aliphatic carbocycles. The summed E-state index contributed by atoms with van der Waals surface area (Å²) in [5, 5.41) is 12.0. The van der Waals surface area contributed by atoms with Crippen molar-refractivity contribution in [3.8, 4) is 0 Å². The van der Waals surface area contributed by atoms with E-state index in [0.29, 0.717) is 17.2 Å². The molecule has 31 heavy (non-hydrogen) atoms. The molecule has 0 spiro atoms. The molecule has 4 aromatic rings.